The van der Waals surface area contributed by atoms with E-state index in [4.69, 9.17) is 19.8 Å². The number of carbonyl (C=O) groups is 1. The van der Waals surface area contributed by atoms with Crippen LogP contribution in [0.25, 0.3) is 22.4 Å². The fourth-order valence-electron chi connectivity index (χ4n) is 2.03. The van der Waals surface area contributed by atoms with Crippen molar-refractivity contribution < 1.29 is 27.6 Å². The van der Waals surface area contributed by atoms with Crippen molar-refractivity contribution in [3.8, 4) is 17.1 Å². The van der Waals surface area contributed by atoms with E-state index in [-0.39, 0.29) is 11.5 Å². The zero-order chi connectivity index (χ0) is 22.2. The lowest BCUT2D eigenvalue weighted by molar-refractivity contribution is 0.0697. The average Bonchev–Trinajstić information content (AvgIpc) is 3.03. The van der Waals surface area contributed by atoms with Crippen molar-refractivity contribution in [1.82, 2.24) is 9.97 Å². The van der Waals surface area contributed by atoms with Gasteiger partial charge in [0, 0.05) is 5.56 Å². The van der Waals surface area contributed by atoms with E-state index in [1.165, 1.54) is 0 Å². The highest BCUT2D eigenvalue weighted by Gasteiger charge is 2.08. The number of carboxylic acids is 1. The minimum absolute atomic E-state index is 0.238. The second kappa shape index (κ2) is 10.1. The molecule has 2 aromatic carbocycles. The fraction of sp³-hybridized carbons (Fsp3) is 0.118. The second-order valence-corrected chi connectivity index (χ2v) is 7.01. The van der Waals surface area contributed by atoms with E-state index in [9.17, 15) is 13.2 Å². The number of benzene rings is 2. The first-order valence-electron chi connectivity index (χ1n) is 7.80. The Morgan fingerprint density at radius 3 is 2.14 bits per heavy atom. The molecule has 29 heavy (non-hydrogen) atoms. The molecule has 1 heterocycles. The van der Waals surface area contributed by atoms with Gasteiger partial charge in [0.25, 0.3) is 10.1 Å². The normalized spacial score (nSPS) is 10.2. The zero-order valence-electron chi connectivity index (χ0n) is 15.6. The average molecular weight is 423 g/mol. The summed E-state index contributed by atoms with van der Waals surface area (Å²) in [6, 6.07) is 12.3. The van der Waals surface area contributed by atoms with Crippen molar-refractivity contribution >= 4 is 33.1 Å². The summed E-state index contributed by atoms with van der Waals surface area (Å²) < 4.78 is 31.0. The molecule has 12 heteroatoms. The van der Waals surface area contributed by atoms with Gasteiger partial charge in [-0.1, -0.05) is 0 Å². The molecule has 8 N–H and O–H groups in total. The second-order valence-electron chi connectivity index (χ2n) is 5.54. The molecular formula is C17H21N5O6S. The number of aromatic amines is 1. The van der Waals surface area contributed by atoms with Gasteiger partial charge in [-0.3, -0.25) is 9.96 Å². The Labute approximate surface area is 166 Å². The molecule has 0 aliphatic rings. The first-order chi connectivity index (χ1) is 13.4. The van der Waals surface area contributed by atoms with Gasteiger partial charge in [-0.05, 0) is 42.5 Å². The molecule has 0 saturated carbocycles. The van der Waals surface area contributed by atoms with Crippen molar-refractivity contribution in [1.29, 1.82) is 5.41 Å². The van der Waals surface area contributed by atoms with Crippen LogP contribution < -0.4 is 16.2 Å². The molecule has 0 radical (unpaired) electrons. The number of imidazole rings is 1. The number of methoxy groups -OCH3 is 1. The number of H-pyrrole nitrogens is 1. The van der Waals surface area contributed by atoms with Crippen LogP contribution in [0.4, 0.5) is 0 Å². The third-order valence-electron chi connectivity index (χ3n) is 3.09. The summed E-state index contributed by atoms with van der Waals surface area (Å²) in [5, 5.41) is 15.0. The Kier molecular flexibility index (Phi) is 8.11. The molecule has 0 unspecified atom stereocenters. The fourth-order valence-corrected chi connectivity index (χ4v) is 2.03. The smallest absolute Gasteiger partial charge is 0.335 e. The van der Waals surface area contributed by atoms with Crippen molar-refractivity contribution in [3.63, 3.8) is 0 Å². The zero-order valence-corrected chi connectivity index (χ0v) is 16.4. The Balaban J connectivity index is 0.000000396. The van der Waals surface area contributed by atoms with Crippen LogP contribution >= 0.6 is 0 Å². The predicted molar refractivity (Wildman–Crippen MR) is 109 cm³/mol. The number of fused-ring (bicyclic) bond motifs is 1. The summed E-state index contributed by atoms with van der Waals surface area (Å²) in [4.78, 5) is 18.5. The van der Waals surface area contributed by atoms with Crippen LogP contribution in [0.3, 0.4) is 0 Å². The van der Waals surface area contributed by atoms with Crippen molar-refractivity contribution in [3.05, 3.63) is 48.0 Å². The van der Waals surface area contributed by atoms with Gasteiger partial charge >= 0.3 is 5.97 Å². The first kappa shape index (κ1) is 23.4. The maximum absolute atomic E-state index is 10.9. The number of nitrogens with zero attached hydrogens (tertiary/aromatic N) is 1. The minimum Gasteiger partial charge on any atom is -0.497 e. The molecule has 0 spiro atoms. The van der Waals surface area contributed by atoms with E-state index < -0.39 is 16.1 Å². The van der Waals surface area contributed by atoms with E-state index in [0.29, 0.717) is 17.6 Å². The van der Waals surface area contributed by atoms with Crippen LogP contribution in [0.1, 0.15) is 10.4 Å². The topological polar surface area (TPSA) is 205 Å². The Hall–Kier alpha value is -3.64. The van der Waals surface area contributed by atoms with Crippen LogP contribution in [0.5, 0.6) is 5.75 Å². The van der Waals surface area contributed by atoms with E-state index in [1.807, 2.05) is 24.3 Å². The molecule has 0 aliphatic carbocycles. The van der Waals surface area contributed by atoms with Gasteiger partial charge in [0.05, 0.1) is 30.0 Å². The summed E-state index contributed by atoms with van der Waals surface area (Å²) >= 11 is 0. The van der Waals surface area contributed by atoms with Crippen molar-refractivity contribution in [2.24, 2.45) is 11.5 Å². The maximum atomic E-state index is 10.9. The third-order valence-corrected chi connectivity index (χ3v) is 3.09. The number of aromatic carboxylic acids is 1. The minimum atomic E-state index is -3.67. The number of hydrogen-bond acceptors (Lipinski definition) is 6. The lowest BCUT2D eigenvalue weighted by atomic mass is 10.2. The molecular weight excluding hydrogens is 402 g/mol. The summed E-state index contributed by atoms with van der Waals surface area (Å²) in [6.45, 7) is 0. The number of nitrogens with two attached hydrogens (primary N) is 2. The summed E-state index contributed by atoms with van der Waals surface area (Å²) in [5.74, 6) is 0.190. The van der Waals surface area contributed by atoms with Crippen LogP contribution in [0.15, 0.2) is 42.5 Å². The molecule has 11 nitrogen and oxygen atoms in total. The predicted octanol–water partition coefficient (Wildman–Crippen LogP) is 1.28. The van der Waals surface area contributed by atoms with Gasteiger partial charge in [0.15, 0.2) is 5.96 Å². The molecule has 0 amide bonds. The van der Waals surface area contributed by atoms with Gasteiger partial charge in [-0.25, -0.2) is 9.78 Å². The van der Waals surface area contributed by atoms with Crippen LogP contribution in [0, 0.1) is 5.41 Å². The summed E-state index contributed by atoms with van der Waals surface area (Å²) in [5.41, 5.74) is 11.5. The largest absolute Gasteiger partial charge is 0.497 e. The van der Waals surface area contributed by atoms with E-state index in [2.05, 4.69) is 21.4 Å². The molecule has 3 aromatic rings. The van der Waals surface area contributed by atoms with Crippen molar-refractivity contribution in [2.75, 3.05) is 13.4 Å². The molecule has 0 atom stereocenters. The van der Waals surface area contributed by atoms with Crippen LogP contribution in [-0.4, -0.2) is 53.3 Å². The third kappa shape index (κ3) is 8.73. The quantitative estimate of drug-likeness (QED) is 0.203. The van der Waals surface area contributed by atoms with Gasteiger partial charge < -0.3 is 26.3 Å². The highest BCUT2D eigenvalue weighted by Crippen LogP contribution is 2.23. The Morgan fingerprint density at radius 1 is 1.17 bits per heavy atom. The summed E-state index contributed by atoms with van der Waals surface area (Å²) in [6.07, 6.45) is 0.715. The Bertz CT molecular complexity index is 1080. The number of aromatic nitrogens is 2. The van der Waals surface area contributed by atoms with Gasteiger partial charge in [-0.15, -0.1) is 0 Å². The summed E-state index contributed by atoms with van der Waals surface area (Å²) in [7, 11) is -2.05. The highest BCUT2D eigenvalue weighted by molar-refractivity contribution is 7.85. The number of hydrogen-bond donors (Lipinski definition) is 6. The number of carboxylic acid groups (broad SMARTS) is 1. The number of ether oxygens (including phenoxy) is 1. The molecule has 156 valence electrons. The first-order valence-corrected chi connectivity index (χ1v) is 9.65. The van der Waals surface area contributed by atoms with E-state index in [0.717, 1.165) is 16.8 Å². The molecule has 3 rings (SSSR count). The number of nitrogens with one attached hydrogen (secondary N) is 2. The van der Waals surface area contributed by atoms with Gasteiger partial charge in [0.1, 0.15) is 11.6 Å². The molecule has 1 aromatic heterocycles. The lowest BCUT2D eigenvalue weighted by Crippen LogP contribution is -2.20. The lowest BCUT2D eigenvalue weighted by Gasteiger charge is -2.00. The van der Waals surface area contributed by atoms with E-state index in [1.54, 1.807) is 25.3 Å². The molecule has 0 aliphatic heterocycles. The molecule has 0 fully saturated rings. The molecule has 0 saturated heterocycles. The molecule has 0 bridgehead atoms. The number of guanidine groups is 1. The standard InChI is InChI=1S/C15H12N2O3.CH5N3.CH4O3S/c1-20-11-5-2-9(3-6-11)14-16-12-7-4-10(15(18)19)8-13(12)17-14;2-1(3)4;1-5(2,3)4/h2-8H,1H3,(H,16,17)(H,18,19);(H5,2,3,4);1H3,(H,2,3,4). The number of rotatable bonds is 3. The van der Waals surface area contributed by atoms with Crippen LogP contribution in [0.2, 0.25) is 0 Å². The Morgan fingerprint density at radius 2 is 1.69 bits per heavy atom. The van der Waals surface area contributed by atoms with E-state index >= 15 is 0 Å². The monoisotopic (exact) mass is 423 g/mol. The van der Waals surface area contributed by atoms with Crippen molar-refractivity contribution in [2.45, 2.75) is 0 Å². The maximum Gasteiger partial charge on any atom is 0.335 e. The van der Waals surface area contributed by atoms with Crippen LogP contribution in [-0.2, 0) is 10.1 Å². The van der Waals surface area contributed by atoms with Gasteiger partial charge in [-0.2, -0.15) is 8.42 Å². The van der Waals surface area contributed by atoms with Gasteiger partial charge in [0.2, 0.25) is 0 Å². The highest BCUT2D eigenvalue weighted by atomic mass is 32.2. The SMILES string of the molecule is COc1ccc(-c2nc3ccc(C(=O)O)cc3[nH]2)cc1.CS(=O)(=O)O.N=C(N)N.